The van der Waals surface area contributed by atoms with Gasteiger partial charge in [0.2, 0.25) is 0 Å². The van der Waals surface area contributed by atoms with Gasteiger partial charge in [0.1, 0.15) is 11.5 Å². The summed E-state index contributed by atoms with van der Waals surface area (Å²) in [6.07, 6.45) is 5.40. The summed E-state index contributed by atoms with van der Waals surface area (Å²) in [5, 5.41) is 6.30. The van der Waals surface area contributed by atoms with Gasteiger partial charge in [0.05, 0.1) is 45.6 Å². The zero-order valence-corrected chi connectivity index (χ0v) is 23.4. The van der Waals surface area contributed by atoms with E-state index in [0.717, 1.165) is 11.1 Å². The van der Waals surface area contributed by atoms with Gasteiger partial charge in [-0.15, -0.1) is 0 Å². The Hall–Kier alpha value is -3.12. The second-order valence-electron chi connectivity index (χ2n) is 9.09. The molecule has 38 heavy (non-hydrogen) atoms. The quantitative estimate of drug-likeness (QED) is 0.399. The van der Waals surface area contributed by atoms with Crippen molar-refractivity contribution >= 4 is 44.9 Å². The van der Waals surface area contributed by atoms with E-state index in [2.05, 4.69) is 10.6 Å². The van der Waals surface area contributed by atoms with E-state index in [1.165, 1.54) is 14.2 Å². The minimum Gasteiger partial charge on any atom is -0.495 e. The lowest BCUT2D eigenvalue weighted by Gasteiger charge is -2.21. The molecule has 2 aromatic carbocycles. The standard InChI is InChI=1S/C26H32N2O8S2/c1-33-19-11-15-7-5-9-23(27-17(15)13-21(19)37(3)31)35-25(29)26(30)36-24-10-6-8-16-12-20(34-2)22(38(4)32)14-18(16)28-24/h11-14,23-24,27-28H,5-10H2,1-4H3. The first-order valence-corrected chi connectivity index (χ1v) is 15.3. The minimum absolute atomic E-state index is 0.481. The molecule has 2 aliphatic heterocycles. The molecule has 0 aliphatic carbocycles. The van der Waals surface area contributed by atoms with Gasteiger partial charge in [-0.05, 0) is 61.1 Å². The first-order chi connectivity index (χ1) is 18.2. The van der Waals surface area contributed by atoms with E-state index >= 15 is 0 Å². The Morgan fingerprint density at radius 3 is 1.47 bits per heavy atom. The molecule has 2 heterocycles. The fourth-order valence-corrected chi connectivity index (χ4v) is 6.05. The summed E-state index contributed by atoms with van der Waals surface area (Å²) in [6, 6.07) is 7.13. The number of methoxy groups -OCH3 is 2. The third kappa shape index (κ3) is 6.29. The first-order valence-electron chi connectivity index (χ1n) is 12.2. The zero-order chi connectivity index (χ0) is 27.4. The van der Waals surface area contributed by atoms with Gasteiger partial charge in [0.25, 0.3) is 0 Å². The minimum atomic E-state index is -1.28. The number of hydrogen-bond acceptors (Lipinski definition) is 10. The van der Waals surface area contributed by atoms with E-state index in [0.29, 0.717) is 71.2 Å². The van der Waals surface area contributed by atoms with Crippen LogP contribution in [0, 0.1) is 0 Å². The van der Waals surface area contributed by atoms with Crippen molar-refractivity contribution in [2.45, 2.75) is 60.8 Å². The van der Waals surface area contributed by atoms with Crippen molar-refractivity contribution in [3.8, 4) is 11.5 Å². The van der Waals surface area contributed by atoms with Gasteiger partial charge in [-0.1, -0.05) is 0 Å². The molecule has 12 heteroatoms. The lowest BCUT2D eigenvalue weighted by molar-refractivity contribution is -0.172. The number of hydrogen-bond donors (Lipinski definition) is 2. The van der Waals surface area contributed by atoms with Crippen LogP contribution in [0.4, 0.5) is 11.4 Å². The topological polar surface area (TPSA) is 129 Å². The number of aryl methyl sites for hydroxylation is 2. The van der Waals surface area contributed by atoms with Gasteiger partial charge in [0, 0.05) is 36.7 Å². The molecule has 2 aromatic rings. The fraction of sp³-hybridized carbons (Fsp3) is 0.462. The molecule has 10 nitrogen and oxygen atoms in total. The van der Waals surface area contributed by atoms with Crippen molar-refractivity contribution in [1.29, 1.82) is 0 Å². The van der Waals surface area contributed by atoms with E-state index in [1.807, 2.05) is 12.1 Å². The smallest absolute Gasteiger partial charge is 0.419 e. The summed E-state index contributed by atoms with van der Waals surface area (Å²) in [7, 11) is 0.499. The van der Waals surface area contributed by atoms with Crippen molar-refractivity contribution in [1.82, 2.24) is 0 Å². The third-order valence-electron chi connectivity index (χ3n) is 6.52. The second kappa shape index (κ2) is 12.2. The van der Waals surface area contributed by atoms with Gasteiger partial charge in [-0.25, -0.2) is 9.59 Å². The largest absolute Gasteiger partial charge is 0.495 e. The van der Waals surface area contributed by atoms with Crippen molar-refractivity contribution in [3.05, 3.63) is 35.4 Å². The fourth-order valence-electron chi connectivity index (χ4n) is 4.63. The van der Waals surface area contributed by atoms with Crippen molar-refractivity contribution in [2.24, 2.45) is 0 Å². The van der Waals surface area contributed by atoms with Crippen LogP contribution in [0.5, 0.6) is 11.5 Å². The molecule has 4 atom stereocenters. The maximum Gasteiger partial charge on any atom is 0.419 e. The van der Waals surface area contributed by atoms with Crippen molar-refractivity contribution in [3.63, 3.8) is 0 Å². The molecule has 0 amide bonds. The van der Waals surface area contributed by atoms with Crippen LogP contribution in [0.25, 0.3) is 0 Å². The Kier molecular flexibility index (Phi) is 8.93. The summed E-state index contributed by atoms with van der Waals surface area (Å²) >= 11 is 0. The number of nitrogens with one attached hydrogen (secondary N) is 2. The molecule has 2 aliphatic rings. The number of carbonyl (C=O) groups is 2. The Balaban J connectivity index is 1.42. The predicted octanol–water partition coefficient (Wildman–Crippen LogP) is 3.11. The van der Waals surface area contributed by atoms with Gasteiger partial charge >= 0.3 is 11.9 Å². The average molecular weight is 565 g/mol. The number of anilines is 2. The molecule has 0 saturated carbocycles. The number of esters is 2. The van der Waals surface area contributed by atoms with Crippen molar-refractivity contribution < 1.29 is 37.0 Å². The molecule has 4 rings (SSSR count). The van der Waals surface area contributed by atoms with Crippen LogP contribution < -0.4 is 20.1 Å². The third-order valence-corrected chi connectivity index (χ3v) is 8.40. The van der Waals surface area contributed by atoms with Crippen LogP contribution in [0.15, 0.2) is 34.1 Å². The van der Waals surface area contributed by atoms with Gasteiger partial charge in [0.15, 0.2) is 12.5 Å². The molecule has 2 N–H and O–H groups in total. The van der Waals surface area contributed by atoms with E-state index in [1.54, 1.807) is 24.6 Å². The monoisotopic (exact) mass is 564 g/mol. The molecule has 0 spiro atoms. The molecule has 0 aromatic heterocycles. The molecule has 206 valence electrons. The number of rotatable bonds is 6. The lowest BCUT2D eigenvalue weighted by atomic mass is 10.1. The maximum atomic E-state index is 12.7. The maximum absolute atomic E-state index is 12.7. The van der Waals surface area contributed by atoms with Crippen LogP contribution >= 0.6 is 0 Å². The number of carbonyl (C=O) groups excluding carboxylic acids is 2. The molecule has 0 radical (unpaired) electrons. The molecule has 0 fully saturated rings. The Morgan fingerprint density at radius 1 is 0.737 bits per heavy atom. The van der Waals surface area contributed by atoms with Crippen LogP contribution in [-0.2, 0) is 53.5 Å². The van der Waals surface area contributed by atoms with Crippen molar-refractivity contribution in [2.75, 3.05) is 37.4 Å². The zero-order valence-electron chi connectivity index (χ0n) is 21.8. The van der Waals surface area contributed by atoms with Crippen LogP contribution in [0.3, 0.4) is 0 Å². The summed E-state index contributed by atoms with van der Waals surface area (Å²) in [5.41, 5.74) is 3.26. The highest BCUT2D eigenvalue weighted by atomic mass is 32.2. The summed E-state index contributed by atoms with van der Waals surface area (Å²) in [5.74, 6) is -1.12. The van der Waals surface area contributed by atoms with Gasteiger partial charge < -0.3 is 29.6 Å². The van der Waals surface area contributed by atoms with E-state index in [4.69, 9.17) is 18.9 Å². The lowest BCUT2D eigenvalue weighted by Crippen LogP contribution is -2.34. The summed E-state index contributed by atoms with van der Waals surface area (Å²) < 4.78 is 46.0. The van der Waals surface area contributed by atoms with Crippen LogP contribution in [0.2, 0.25) is 0 Å². The Bertz CT molecular complexity index is 1180. The number of fused-ring (bicyclic) bond motifs is 2. The number of ether oxygens (including phenoxy) is 4. The van der Waals surface area contributed by atoms with E-state index in [-0.39, 0.29) is 0 Å². The molecule has 0 saturated heterocycles. The highest BCUT2D eigenvalue weighted by molar-refractivity contribution is 7.84. The summed E-state index contributed by atoms with van der Waals surface area (Å²) in [4.78, 5) is 26.4. The van der Waals surface area contributed by atoms with Crippen LogP contribution in [0.1, 0.15) is 36.8 Å². The highest BCUT2D eigenvalue weighted by Crippen LogP contribution is 2.34. The average Bonchev–Trinajstić information content (AvgIpc) is 3.21. The van der Waals surface area contributed by atoms with Crippen LogP contribution in [-0.4, -0.2) is 59.5 Å². The second-order valence-corrected chi connectivity index (χ2v) is 11.8. The molecular weight excluding hydrogens is 532 g/mol. The predicted molar refractivity (Wildman–Crippen MR) is 144 cm³/mol. The SMILES string of the molecule is COc1cc2c(cc1S(C)=O)NC(OC(=O)C(=O)OC1CCCc3cc(OC)c(S(C)=O)cc3N1)CCC2. The molecular formula is C26H32N2O8S2. The summed E-state index contributed by atoms with van der Waals surface area (Å²) in [6.45, 7) is 0. The highest BCUT2D eigenvalue weighted by Gasteiger charge is 2.29. The Labute approximate surface area is 226 Å². The Morgan fingerprint density at radius 2 is 1.13 bits per heavy atom. The van der Waals surface area contributed by atoms with E-state index in [9.17, 15) is 18.0 Å². The van der Waals surface area contributed by atoms with Gasteiger partial charge in [-0.2, -0.15) is 0 Å². The number of benzene rings is 2. The van der Waals surface area contributed by atoms with Gasteiger partial charge in [-0.3, -0.25) is 8.42 Å². The van der Waals surface area contributed by atoms with E-state index < -0.39 is 46.0 Å². The normalized spacial score (nSPS) is 20.1. The molecule has 4 unspecified atom stereocenters. The first kappa shape index (κ1) is 27.9. The molecule has 0 bridgehead atoms.